The lowest BCUT2D eigenvalue weighted by Crippen LogP contribution is -2.36. The molecule has 6 heteroatoms. The molecule has 0 amide bonds. The quantitative estimate of drug-likeness (QED) is 0.784. The highest BCUT2D eigenvalue weighted by molar-refractivity contribution is 9.10. The first-order valence-corrected chi connectivity index (χ1v) is 8.45. The second kappa shape index (κ2) is 7.34. The summed E-state index contributed by atoms with van der Waals surface area (Å²) < 4.78 is 5.91. The molecule has 0 bridgehead atoms. The number of aliphatic imine (C=N–C) groups is 1. The van der Waals surface area contributed by atoms with Gasteiger partial charge in [-0.2, -0.15) is 0 Å². The fraction of sp³-hybridized carbons (Fsp3) is 0.235. The molecule has 0 unspecified atom stereocenters. The number of rotatable bonds is 3. The average Bonchev–Trinajstić information content (AvgIpc) is 2.58. The Morgan fingerprint density at radius 2 is 1.87 bits per heavy atom. The van der Waals surface area contributed by atoms with Gasteiger partial charge < -0.3 is 14.7 Å². The number of aromatic hydroxyl groups is 1. The summed E-state index contributed by atoms with van der Waals surface area (Å²) >= 11 is 9.26. The Labute approximate surface area is 148 Å². The molecule has 2 aromatic carbocycles. The zero-order chi connectivity index (χ0) is 16.2. The van der Waals surface area contributed by atoms with Gasteiger partial charge in [-0.25, -0.2) is 0 Å². The van der Waals surface area contributed by atoms with E-state index in [0.29, 0.717) is 15.1 Å². The van der Waals surface area contributed by atoms with Crippen molar-refractivity contribution < 1.29 is 9.84 Å². The molecule has 1 fully saturated rings. The summed E-state index contributed by atoms with van der Waals surface area (Å²) in [7, 11) is 0. The van der Waals surface area contributed by atoms with Crippen LogP contribution in [0.2, 0.25) is 5.02 Å². The van der Waals surface area contributed by atoms with Gasteiger partial charge in [0.25, 0.3) is 0 Å². The molecule has 1 aliphatic rings. The summed E-state index contributed by atoms with van der Waals surface area (Å²) in [4.78, 5) is 6.69. The molecule has 1 heterocycles. The Hall–Kier alpha value is -1.56. The molecular formula is C17H16BrClN2O2. The van der Waals surface area contributed by atoms with Gasteiger partial charge in [-0.05, 0) is 52.3 Å². The predicted octanol–water partition coefficient (Wildman–Crippen LogP) is 4.40. The molecule has 2 aromatic rings. The minimum Gasteiger partial charge on any atom is -0.506 e. The van der Waals surface area contributed by atoms with Crippen molar-refractivity contribution in [2.24, 2.45) is 4.99 Å². The third kappa shape index (κ3) is 4.05. The topological polar surface area (TPSA) is 45.1 Å². The fourth-order valence-corrected chi connectivity index (χ4v) is 3.23. The molecule has 0 radical (unpaired) electrons. The van der Waals surface area contributed by atoms with E-state index in [0.717, 1.165) is 32.0 Å². The van der Waals surface area contributed by atoms with Gasteiger partial charge in [0.1, 0.15) is 5.75 Å². The van der Waals surface area contributed by atoms with Crippen LogP contribution in [0.15, 0.2) is 45.9 Å². The highest BCUT2D eigenvalue weighted by Gasteiger charge is 2.10. The van der Waals surface area contributed by atoms with E-state index in [1.807, 2.05) is 24.3 Å². The third-order valence-corrected chi connectivity index (χ3v) is 4.46. The van der Waals surface area contributed by atoms with E-state index in [4.69, 9.17) is 16.3 Å². The Morgan fingerprint density at radius 1 is 1.17 bits per heavy atom. The zero-order valence-electron chi connectivity index (χ0n) is 12.4. The van der Waals surface area contributed by atoms with Gasteiger partial charge >= 0.3 is 0 Å². The Morgan fingerprint density at radius 3 is 2.57 bits per heavy atom. The zero-order valence-corrected chi connectivity index (χ0v) is 14.7. The van der Waals surface area contributed by atoms with E-state index in [1.54, 1.807) is 18.3 Å². The van der Waals surface area contributed by atoms with Gasteiger partial charge in [0.2, 0.25) is 0 Å². The van der Waals surface area contributed by atoms with Crippen LogP contribution in [0, 0.1) is 0 Å². The highest BCUT2D eigenvalue weighted by atomic mass is 79.9. The first kappa shape index (κ1) is 16.3. The number of hydrogen-bond acceptors (Lipinski definition) is 4. The smallest absolute Gasteiger partial charge is 0.138 e. The van der Waals surface area contributed by atoms with Crippen LogP contribution < -0.4 is 4.90 Å². The van der Waals surface area contributed by atoms with Crippen molar-refractivity contribution in [3.8, 4) is 5.75 Å². The Kier molecular flexibility index (Phi) is 5.20. The molecule has 0 aliphatic carbocycles. The van der Waals surface area contributed by atoms with E-state index in [1.165, 1.54) is 5.69 Å². The van der Waals surface area contributed by atoms with E-state index < -0.39 is 0 Å². The maximum Gasteiger partial charge on any atom is 0.138 e. The van der Waals surface area contributed by atoms with Crippen LogP contribution in [0.3, 0.4) is 0 Å². The van der Waals surface area contributed by atoms with Crippen LogP contribution in [-0.4, -0.2) is 37.6 Å². The summed E-state index contributed by atoms with van der Waals surface area (Å²) in [5.74, 6) is 0.128. The monoisotopic (exact) mass is 394 g/mol. The number of halogens is 2. The first-order chi connectivity index (χ1) is 11.1. The lowest BCUT2D eigenvalue weighted by Gasteiger charge is -2.28. The molecule has 23 heavy (non-hydrogen) atoms. The second-order valence-corrected chi connectivity index (χ2v) is 6.49. The maximum atomic E-state index is 10.00. The van der Waals surface area contributed by atoms with Crippen LogP contribution >= 0.6 is 27.5 Å². The van der Waals surface area contributed by atoms with E-state index in [2.05, 4.69) is 25.8 Å². The molecule has 4 nitrogen and oxygen atoms in total. The summed E-state index contributed by atoms with van der Waals surface area (Å²) in [5, 5.41) is 10.5. The minimum atomic E-state index is 0.128. The van der Waals surface area contributed by atoms with Crippen LogP contribution in [0.5, 0.6) is 5.75 Å². The molecule has 1 aliphatic heterocycles. The van der Waals surface area contributed by atoms with Gasteiger partial charge in [-0.15, -0.1) is 0 Å². The lowest BCUT2D eigenvalue weighted by molar-refractivity contribution is 0.122. The largest absolute Gasteiger partial charge is 0.506 e. The van der Waals surface area contributed by atoms with Gasteiger partial charge in [0, 0.05) is 35.6 Å². The standard InChI is InChI=1S/C17H16BrClN2O2/c18-16-10-13(19)9-12(17(16)22)11-20-14-1-3-15(4-2-14)21-5-7-23-8-6-21/h1-4,9-11,22H,5-8H2. The molecule has 1 N–H and O–H groups in total. The summed E-state index contributed by atoms with van der Waals surface area (Å²) in [6.07, 6.45) is 1.61. The van der Waals surface area contributed by atoms with Gasteiger partial charge in [0.05, 0.1) is 23.4 Å². The number of benzene rings is 2. The van der Waals surface area contributed by atoms with Crippen molar-refractivity contribution in [3.63, 3.8) is 0 Å². The Balaban J connectivity index is 1.75. The van der Waals surface area contributed by atoms with Crippen molar-refractivity contribution in [1.82, 2.24) is 0 Å². The normalized spacial score (nSPS) is 15.3. The van der Waals surface area contributed by atoms with Crippen LogP contribution in [0.1, 0.15) is 5.56 Å². The number of hydrogen-bond donors (Lipinski definition) is 1. The number of phenols is 1. The number of nitrogens with zero attached hydrogens (tertiary/aromatic N) is 2. The number of morpholine rings is 1. The molecule has 0 atom stereocenters. The van der Waals surface area contributed by atoms with Gasteiger partial charge in [-0.1, -0.05) is 11.6 Å². The van der Waals surface area contributed by atoms with Crippen molar-refractivity contribution in [2.45, 2.75) is 0 Å². The number of anilines is 1. The fourth-order valence-electron chi connectivity index (χ4n) is 2.40. The van der Waals surface area contributed by atoms with Crippen LogP contribution in [0.4, 0.5) is 11.4 Å². The third-order valence-electron chi connectivity index (χ3n) is 3.64. The summed E-state index contributed by atoms with van der Waals surface area (Å²) in [6.45, 7) is 3.35. The van der Waals surface area contributed by atoms with E-state index in [-0.39, 0.29) is 5.75 Å². The predicted molar refractivity (Wildman–Crippen MR) is 97.5 cm³/mol. The van der Waals surface area contributed by atoms with Crippen molar-refractivity contribution in [2.75, 3.05) is 31.2 Å². The first-order valence-electron chi connectivity index (χ1n) is 7.28. The Bertz CT molecular complexity index is 713. The van der Waals surface area contributed by atoms with E-state index in [9.17, 15) is 5.11 Å². The minimum absolute atomic E-state index is 0.128. The molecule has 0 spiro atoms. The molecule has 3 rings (SSSR count). The molecule has 1 saturated heterocycles. The SMILES string of the molecule is Oc1c(Br)cc(Cl)cc1C=Nc1ccc(N2CCOCC2)cc1. The summed E-state index contributed by atoms with van der Waals surface area (Å²) in [5.41, 5.74) is 2.56. The number of phenolic OH excluding ortho intramolecular Hbond substituents is 1. The van der Waals surface area contributed by atoms with E-state index >= 15 is 0 Å². The van der Waals surface area contributed by atoms with Crippen LogP contribution in [0.25, 0.3) is 0 Å². The van der Waals surface area contributed by atoms with Gasteiger partial charge in [-0.3, -0.25) is 4.99 Å². The van der Waals surface area contributed by atoms with Crippen LogP contribution in [-0.2, 0) is 4.74 Å². The van der Waals surface area contributed by atoms with Gasteiger partial charge in [0.15, 0.2) is 0 Å². The van der Waals surface area contributed by atoms with Crippen molar-refractivity contribution >= 4 is 45.1 Å². The van der Waals surface area contributed by atoms with Crippen molar-refractivity contribution in [3.05, 3.63) is 51.5 Å². The summed E-state index contributed by atoms with van der Waals surface area (Å²) in [6, 6.07) is 11.3. The number of ether oxygens (including phenoxy) is 1. The molecule has 0 aromatic heterocycles. The molecule has 120 valence electrons. The molecule has 0 saturated carbocycles. The highest BCUT2D eigenvalue weighted by Crippen LogP contribution is 2.31. The average molecular weight is 396 g/mol. The maximum absolute atomic E-state index is 10.00. The van der Waals surface area contributed by atoms with Crippen molar-refractivity contribution in [1.29, 1.82) is 0 Å². The second-order valence-electron chi connectivity index (χ2n) is 5.20. The lowest BCUT2D eigenvalue weighted by atomic mass is 10.2. The molecular weight excluding hydrogens is 380 g/mol.